The second kappa shape index (κ2) is 5.49. The van der Waals surface area contributed by atoms with E-state index in [1.165, 1.54) is 9.75 Å². The van der Waals surface area contributed by atoms with E-state index in [1.807, 2.05) is 11.3 Å². The second-order valence-corrected chi connectivity index (χ2v) is 4.86. The number of nitrogens with zero attached hydrogens (tertiary/aromatic N) is 1. The summed E-state index contributed by atoms with van der Waals surface area (Å²) in [5, 5.41) is 0. The summed E-state index contributed by atoms with van der Waals surface area (Å²) < 4.78 is 0. The summed E-state index contributed by atoms with van der Waals surface area (Å²) in [5.41, 5.74) is 6.13. The number of hydrogen-bond donors (Lipinski definition) is 1. The van der Waals surface area contributed by atoms with Gasteiger partial charge in [-0.2, -0.15) is 0 Å². The molecular weight excluding hydrogens is 192 g/mol. The molecule has 0 radical (unpaired) electrons. The SMILES string of the molecule is CCN(CC)CC(N)c1ccc(C)s1. The number of hydrogen-bond acceptors (Lipinski definition) is 3. The molecule has 0 aliphatic carbocycles. The zero-order chi connectivity index (χ0) is 10.6. The molecule has 1 unspecified atom stereocenters. The monoisotopic (exact) mass is 212 g/mol. The van der Waals surface area contributed by atoms with Gasteiger partial charge in [-0.25, -0.2) is 0 Å². The van der Waals surface area contributed by atoms with Crippen molar-refractivity contribution in [3.63, 3.8) is 0 Å². The van der Waals surface area contributed by atoms with Crippen molar-refractivity contribution in [1.29, 1.82) is 0 Å². The molecule has 2 nitrogen and oxygen atoms in total. The van der Waals surface area contributed by atoms with Gasteiger partial charge in [0.15, 0.2) is 0 Å². The Labute approximate surface area is 90.7 Å². The van der Waals surface area contributed by atoms with Gasteiger partial charge in [-0.1, -0.05) is 13.8 Å². The maximum atomic E-state index is 6.13. The molecule has 14 heavy (non-hydrogen) atoms. The van der Waals surface area contributed by atoms with Crippen LogP contribution in [0.3, 0.4) is 0 Å². The summed E-state index contributed by atoms with van der Waals surface area (Å²) in [6.45, 7) is 9.60. The van der Waals surface area contributed by atoms with Crippen LogP contribution in [0.5, 0.6) is 0 Å². The third kappa shape index (κ3) is 3.08. The predicted molar refractivity (Wildman–Crippen MR) is 63.8 cm³/mol. The molecule has 0 aliphatic heterocycles. The van der Waals surface area contributed by atoms with E-state index < -0.39 is 0 Å². The van der Waals surface area contributed by atoms with Gasteiger partial charge in [0.05, 0.1) is 6.04 Å². The van der Waals surface area contributed by atoms with E-state index in [2.05, 4.69) is 37.8 Å². The minimum atomic E-state index is 0.175. The Bertz CT molecular complexity index is 266. The van der Waals surface area contributed by atoms with Crippen LogP contribution in [0.1, 0.15) is 29.6 Å². The number of aryl methyl sites for hydroxylation is 1. The largest absolute Gasteiger partial charge is 0.322 e. The highest BCUT2D eigenvalue weighted by Gasteiger charge is 2.11. The third-order valence-corrected chi connectivity index (χ3v) is 3.61. The smallest absolute Gasteiger partial charge is 0.0519 e. The van der Waals surface area contributed by atoms with Crippen LogP contribution in [0.25, 0.3) is 0 Å². The average molecular weight is 212 g/mol. The van der Waals surface area contributed by atoms with Gasteiger partial charge in [0.25, 0.3) is 0 Å². The Kier molecular flexibility index (Phi) is 4.58. The normalized spacial score (nSPS) is 13.5. The Morgan fingerprint density at radius 3 is 2.43 bits per heavy atom. The zero-order valence-electron chi connectivity index (χ0n) is 9.29. The van der Waals surface area contributed by atoms with Crippen molar-refractivity contribution >= 4 is 11.3 Å². The van der Waals surface area contributed by atoms with Crippen LogP contribution >= 0.6 is 11.3 Å². The lowest BCUT2D eigenvalue weighted by atomic mass is 10.2. The molecule has 0 saturated carbocycles. The first kappa shape index (κ1) is 11.7. The maximum Gasteiger partial charge on any atom is 0.0519 e. The van der Waals surface area contributed by atoms with Crippen LogP contribution in [-0.4, -0.2) is 24.5 Å². The van der Waals surface area contributed by atoms with Gasteiger partial charge < -0.3 is 10.6 Å². The summed E-state index contributed by atoms with van der Waals surface area (Å²) in [4.78, 5) is 5.00. The molecule has 0 amide bonds. The van der Waals surface area contributed by atoms with E-state index in [4.69, 9.17) is 5.73 Å². The van der Waals surface area contributed by atoms with Gasteiger partial charge in [-0.15, -0.1) is 11.3 Å². The molecule has 0 saturated heterocycles. The molecule has 0 bridgehead atoms. The summed E-state index contributed by atoms with van der Waals surface area (Å²) in [6, 6.07) is 4.46. The number of rotatable bonds is 5. The molecule has 1 aromatic heterocycles. The Morgan fingerprint density at radius 1 is 1.36 bits per heavy atom. The molecule has 2 N–H and O–H groups in total. The molecular formula is C11H20N2S. The lowest BCUT2D eigenvalue weighted by Gasteiger charge is -2.21. The van der Waals surface area contributed by atoms with Crippen LogP contribution in [0, 0.1) is 6.92 Å². The standard InChI is InChI=1S/C11H20N2S/c1-4-13(5-2)8-10(12)11-7-6-9(3)14-11/h6-7,10H,4-5,8,12H2,1-3H3. The van der Waals surface area contributed by atoms with E-state index in [9.17, 15) is 0 Å². The highest BCUT2D eigenvalue weighted by molar-refractivity contribution is 7.12. The van der Waals surface area contributed by atoms with Gasteiger partial charge >= 0.3 is 0 Å². The molecule has 0 spiro atoms. The Morgan fingerprint density at radius 2 is 2.00 bits per heavy atom. The quantitative estimate of drug-likeness (QED) is 0.812. The highest BCUT2D eigenvalue weighted by atomic mass is 32.1. The maximum absolute atomic E-state index is 6.13. The molecule has 0 fully saturated rings. The van der Waals surface area contributed by atoms with E-state index in [0.29, 0.717) is 0 Å². The summed E-state index contributed by atoms with van der Waals surface area (Å²) in [5.74, 6) is 0. The second-order valence-electron chi connectivity index (χ2n) is 3.54. The molecule has 1 heterocycles. The highest BCUT2D eigenvalue weighted by Crippen LogP contribution is 2.21. The van der Waals surface area contributed by atoms with E-state index in [1.54, 1.807) is 0 Å². The van der Waals surface area contributed by atoms with Crippen molar-refractivity contribution in [2.45, 2.75) is 26.8 Å². The fraction of sp³-hybridized carbons (Fsp3) is 0.636. The van der Waals surface area contributed by atoms with Crippen LogP contribution in [0.4, 0.5) is 0 Å². The van der Waals surface area contributed by atoms with Crippen molar-refractivity contribution < 1.29 is 0 Å². The fourth-order valence-electron chi connectivity index (χ4n) is 1.50. The van der Waals surface area contributed by atoms with Crippen molar-refractivity contribution in [3.8, 4) is 0 Å². The molecule has 1 atom stereocenters. The minimum absolute atomic E-state index is 0.175. The first-order valence-electron chi connectivity index (χ1n) is 5.21. The molecule has 3 heteroatoms. The van der Waals surface area contributed by atoms with Crippen molar-refractivity contribution in [1.82, 2.24) is 4.90 Å². The van der Waals surface area contributed by atoms with E-state index in [-0.39, 0.29) is 6.04 Å². The lowest BCUT2D eigenvalue weighted by Crippen LogP contribution is -2.31. The van der Waals surface area contributed by atoms with Crippen LogP contribution in [-0.2, 0) is 0 Å². The van der Waals surface area contributed by atoms with Gasteiger partial charge in [-0.3, -0.25) is 0 Å². The summed E-state index contributed by atoms with van der Waals surface area (Å²) in [6.07, 6.45) is 0. The van der Waals surface area contributed by atoms with Gasteiger partial charge in [0, 0.05) is 16.3 Å². The Balaban J connectivity index is 2.53. The number of nitrogens with two attached hydrogens (primary N) is 1. The van der Waals surface area contributed by atoms with Gasteiger partial charge in [0.1, 0.15) is 0 Å². The fourth-order valence-corrected chi connectivity index (χ4v) is 2.37. The van der Waals surface area contributed by atoms with Crippen LogP contribution in [0.2, 0.25) is 0 Å². The van der Waals surface area contributed by atoms with Crippen LogP contribution < -0.4 is 5.73 Å². The molecule has 0 aliphatic rings. The molecule has 1 aromatic rings. The van der Waals surface area contributed by atoms with Crippen molar-refractivity contribution in [2.24, 2.45) is 5.73 Å². The molecule has 80 valence electrons. The lowest BCUT2D eigenvalue weighted by molar-refractivity contribution is 0.286. The van der Waals surface area contributed by atoms with Gasteiger partial charge in [-0.05, 0) is 32.1 Å². The summed E-state index contributed by atoms with van der Waals surface area (Å²) in [7, 11) is 0. The predicted octanol–water partition coefficient (Wildman–Crippen LogP) is 2.40. The van der Waals surface area contributed by atoms with Crippen LogP contribution in [0.15, 0.2) is 12.1 Å². The number of likely N-dealkylation sites (N-methyl/N-ethyl adjacent to an activating group) is 1. The van der Waals surface area contributed by atoms with Crippen molar-refractivity contribution in [3.05, 3.63) is 21.9 Å². The van der Waals surface area contributed by atoms with E-state index >= 15 is 0 Å². The van der Waals surface area contributed by atoms with Gasteiger partial charge in [0.2, 0.25) is 0 Å². The third-order valence-electron chi connectivity index (χ3n) is 2.48. The van der Waals surface area contributed by atoms with Crippen molar-refractivity contribution in [2.75, 3.05) is 19.6 Å². The molecule has 1 rings (SSSR count). The van der Waals surface area contributed by atoms with E-state index in [0.717, 1.165) is 19.6 Å². The summed E-state index contributed by atoms with van der Waals surface area (Å²) >= 11 is 1.81. The first-order chi connectivity index (χ1) is 6.67. The minimum Gasteiger partial charge on any atom is -0.322 e. The topological polar surface area (TPSA) is 29.3 Å². The average Bonchev–Trinajstić information content (AvgIpc) is 2.61. The Hall–Kier alpha value is -0.380. The first-order valence-corrected chi connectivity index (χ1v) is 6.03. The zero-order valence-corrected chi connectivity index (χ0v) is 10.1. The number of thiophene rings is 1. The molecule has 0 aromatic carbocycles.